The summed E-state index contributed by atoms with van der Waals surface area (Å²) in [6, 6.07) is 19.0. The summed E-state index contributed by atoms with van der Waals surface area (Å²) in [6.45, 7) is 7.66. The molecule has 0 atom stereocenters. The third-order valence-electron chi connectivity index (χ3n) is 5.61. The Kier molecular flexibility index (Phi) is 8.47. The highest BCUT2D eigenvalue weighted by Crippen LogP contribution is 2.14. The van der Waals surface area contributed by atoms with Gasteiger partial charge < -0.3 is 16.0 Å². The van der Waals surface area contributed by atoms with E-state index < -0.39 is 0 Å². The van der Waals surface area contributed by atoms with Gasteiger partial charge in [0.1, 0.15) is 0 Å². The van der Waals surface area contributed by atoms with Gasteiger partial charge in [-0.2, -0.15) is 0 Å². The van der Waals surface area contributed by atoms with Gasteiger partial charge in [0.15, 0.2) is 5.96 Å². The molecule has 0 unspecified atom stereocenters. The molecule has 2 aromatic carbocycles. The summed E-state index contributed by atoms with van der Waals surface area (Å²) in [5.41, 5.74) is 3.34. The van der Waals surface area contributed by atoms with E-state index in [1.165, 1.54) is 5.56 Å². The average Bonchev–Trinajstić information content (AvgIpc) is 2.79. The Morgan fingerprint density at radius 1 is 1.03 bits per heavy atom. The maximum atomic E-state index is 11.8. The summed E-state index contributed by atoms with van der Waals surface area (Å²) in [6.07, 6.45) is 2.22. The van der Waals surface area contributed by atoms with Crippen molar-refractivity contribution in [2.24, 2.45) is 10.9 Å². The van der Waals surface area contributed by atoms with Crippen LogP contribution in [0.4, 0.5) is 5.69 Å². The van der Waals surface area contributed by atoms with Crippen LogP contribution in [0.1, 0.15) is 37.8 Å². The van der Waals surface area contributed by atoms with E-state index in [0.29, 0.717) is 12.6 Å². The van der Waals surface area contributed by atoms with Gasteiger partial charge in [0.2, 0.25) is 5.91 Å². The van der Waals surface area contributed by atoms with E-state index in [-0.39, 0.29) is 11.8 Å². The number of hydrogen-bond donors (Lipinski definition) is 3. The van der Waals surface area contributed by atoms with Gasteiger partial charge in [0, 0.05) is 50.9 Å². The van der Waals surface area contributed by atoms with Gasteiger partial charge in [-0.15, -0.1) is 0 Å². The molecule has 0 radical (unpaired) electrons. The summed E-state index contributed by atoms with van der Waals surface area (Å²) < 4.78 is 0. The largest absolute Gasteiger partial charge is 0.354 e. The minimum Gasteiger partial charge on any atom is -0.354 e. The van der Waals surface area contributed by atoms with Gasteiger partial charge in [-0.3, -0.25) is 14.7 Å². The predicted octanol–water partition coefficient (Wildman–Crippen LogP) is 3.61. The van der Waals surface area contributed by atoms with Crippen LogP contribution in [-0.4, -0.2) is 42.9 Å². The van der Waals surface area contributed by atoms with E-state index in [9.17, 15) is 4.79 Å². The van der Waals surface area contributed by atoms with Crippen LogP contribution in [0.5, 0.6) is 0 Å². The fourth-order valence-electron chi connectivity index (χ4n) is 3.64. The predicted molar refractivity (Wildman–Crippen MR) is 128 cm³/mol. The number of anilines is 1. The molecule has 1 heterocycles. The minimum absolute atomic E-state index is 0.0269. The number of likely N-dealkylation sites (tertiary alicyclic amines) is 1. The standard InChI is InChI=1S/C25H35N5O/c1-19(2)24(31)28-22-11-9-20(10-12-22)17-27-25(26-3)29-23-13-15-30(16-14-23)18-21-7-5-4-6-8-21/h4-12,19,23H,13-18H2,1-3H3,(H,28,31)(H2,26,27,29). The number of nitrogens with one attached hydrogen (secondary N) is 3. The van der Waals surface area contributed by atoms with Gasteiger partial charge in [-0.05, 0) is 36.1 Å². The number of aliphatic imine (C=N–C) groups is 1. The Bertz CT molecular complexity index is 840. The normalized spacial score (nSPS) is 15.7. The Morgan fingerprint density at radius 3 is 2.32 bits per heavy atom. The molecule has 6 nitrogen and oxygen atoms in total. The smallest absolute Gasteiger partial charge is 0.226 e. The van der Waals surface area contributed by atoms with Crippen LogP contribution < -0.4 is 16.0 Å². The fraction of sp³-hybridized carbons (Fsp3) is 0.440. The lowest BCUT2D eigenvalue weighted by molar-refractivity contribution is -0.118. The molecule has 6 heteroatoms. The van der Waals surface area contributed by atoms with Gasteiger partial charge in [-0.1, -0.05) is 56.3 Å². The fourth-order valence-corrected chi connectivity index (χ4v) is 3.64. The van der Waals surface area contributed by atoms with E-state index in [2.05, 4.69) is 56.2 Å². The monoisotopic (exact) mass is 421 g/mol. The Balaban J connectivity index is 1.40. The Morgan fingerprint density at radius 2 is 1.71 bits per heavy atom. The lowest BCUT2D eigenvalue weighted by Crippen LogP contribution is -2.48. The molecule has 1 amide bonds. The topological polar surface area (TPSA) is 68.8 Å². The molecule has 0 aliphatic carbocycles. The maximum Gasteiger partial charge on any atom is 0.226 e. The summed E-state index contributed by atoms with van der Waals surface area (Å²) in [7, 11) is 1.81. The molecule has 0 aromatic heterocycles. The molecule has 1 aliphatic heterocycles. The first kappa shape index (κ1) is 22.8. The van der Waals surface area contributed by atoms with Crippen molar-refractivity contribution in [3.05, 3.63) is 65.7 Å². The minimum atomic E-state index is -0.0269. The van der Waals surface area contributed by atoms with Gasteiger partial charge >= 0.3 is 0 Å². The van der Waals surface area contributed by atoms with E-state index in [1.807, 2.05) is 45.2 Å². The SMILES string of the molecule is CN=C(NCc1ccc(NC(=O)C(C)C)cc1)NC1CCN(Cc2ccccc2)CC1. The van der Waals surface area contributed by atoms with Gasteiger partial charge in [0.25, 0.3) is 0 Å². The molecule has 31 heavy (non-hydrogen) atoms. The van der Waals surface area contributed by atoms with Crippen molar-refractivity contribution < 1.29 is 4.79 Å². The zero-order valence-electron chi connectivity index (χ0n) is 18.9. The van der Waals surface area contributed by atoms with E-state index >= 15 is 0 Å². The van der Waals surface area contributed by atoms with Crippen molar-refractivity contribution in [1.82, 2.24) is 15.5 Å². The number of amides is 1. The summed E-state index contributed by atoms with van der Waals surface area (Å²) in [5, 5.41) is 9.88. The van der Waals surface area contributed by atoms with Crippen LogP contribution in [0.2, 0.25) is 0 Å². The zero-order valence-corrected chi connectivity index (χ0v) is 18.9. The maximum absolute atomic E-state index is 11.8. The van der Waals surface area contributed by atoms with Crippen LogP contribution in [0.25, 0.3) is 0 Å². The van der Waals surface area contributed by atoms with Crippen molar-refractivity contribution in [3.63, 3.8) is 0 Å². The van der Waals surface area contributed by atoms with Crippen molar-refractivity contribution in [1.29, 1.82) is 0 Å². The summed E-state index contributed by atoms with van der Waals surface area (Å²) in [4.78, 5) is 18.7. The number of carbonyl (C=O) groups excluding carboxylic acids is 1. The molecule has 1 aliphatic rings. The van der Waals surface area contributed by atoms with Crippen molar-refractivity contribution in [2.45, 2.75) is 45.8 Å². The molecular formula is C25H35N5O. The van der Waals surface area contributed by atoms with Gasteiger partial charge in [-0.25, -0.2) is 0 Å². The lowest BCUT2D eigenvalue weighted by Gasteiger charge is -2.33. The van der Waals surface area contributed by atoms with E-state index in [0.717, 1.165) is 49.7 Å². The van der Waals surface area contributed by atoms with E-state index in [1.54, 1.807) is 0 Å². The second-order valence-electron chi connectivity index (χ2n) is 8.45. The first-order chi connectivity index (χ1) is 15.0. The van der Waals surface area contributed by atoms with Crippen molar-refractivity contribution >= 4 is 17.6 Å². The highest BCUT2D eigenvalue weighted by molar-refractivity contribution is 5.92. The number of nitrogens with zero attached hydrogens (tertiary/aromatic N) is 2. The Hall–Kier alpha value is -2.86. The number of benzene rings is 2. The molecule has 166 valence electrons. The van der Waals surface area contributed by atoms with Gasteiger partial charge in [0.05, 0.1) is 0 Å². The van der Waals surface area contributed by atoms with Crippen LogP contribution >= 0.6 is 0 Å². The zero-order chi connectivity index (χ0) is 22.1. The molecule has 3 rings (SSSR count). The average molecular weight is 422 g/mol. The van der Waals surface area contributed by atoms with Crippen molar-refractivity contribution in [2.75, 3.05) is 25.5 Å². The number of hydrogen-bond acceptors (Lipinski definition) is 3. The molecule has 2 aromatic rings. The summed E-state index contributed by atoms with van der Waals surface area (Å²) in [5.74, 6) is 0.838. The number of piperidine rings is 1. The molecule has 3 N–H and O–H groups in total. The Labute approximate surface area is 186 Å². The van der Waals surface area contributed by atoms with Crippen LogP contribution in [0, 0.1) is 5.92 Å². The van der Waals surface area contributed by atoms with Crippen LogP contribution in [0.15, 0.2) is 59.6 Å². The highest BCUT2D eigenvalue weighted by atomic mass is 16.1. The van der Waals surface area contributed by atoms with Crippen LogP contribution in [0.3, 0.4) is 0 Å². The second-order valence-corrected chi connectivity index (χ2v) is 8.45. The number of carbonyl (C=O) groups is 1. The first-order valence-corrected chi connectivity index (χ1v) is 11.2. The van der Waals surface area contributed by atoms with Crippen LogP contribution in [-0.2, 0) is 17.9 Å². The third-order valence-corrected chi connectivity index (χ3v) is 5.61. The molecule has 1 saturated heterocycles. The number of rotatable bonds is 7. The second kappa shape index (κ2) is 11.5. The molecule has 0 saturated carbocycles. The first-order valence-electron chi connectivity index (χ1n) is 11.2. The van der Waals surface area contributed by atoms with E-state index in [4.69, 9.17) is 0 Å². The molecule has 0 spiro atoms. The number of guanidine groups is 1. The molecular weight excluding hydrogens is 386 g/mol. The summed E-state index contributed by atoms with van der Waals surface area (Å²) >= 11 is 0. The molecule has 0 bridgehead atoms. The quantitative estimate of drug-likeness (QED) is 0.472. The van der Waals surface area contributed by atoms with Crippen molar-refractivity contribution in [3.8, 4) is 0 Å². The lowest BCUT2D eigenvalue weighted by atomic mass is 10.0. The highest BCUT2D eigenvalue weighted by Gasteiger charge is 2.20. The third kappa shape index (κ3) is 7.40. The molecule has 1 fully saturated rings.